The first-order valence-electron chi connectivity index (χ1n) is 6.53. The van der Waals surface area contributed by atoms with Crippen LogP contribution in [0.4, 0.5) is 4.79 Å². The SMILES string of the molecule is COC(=O)C1CCCN1C(=O)NC(CCC(N)=O)C(=O)O. The zero-order chi connectivity index (χ0) is 16.0. The second-order valence-corrected chi connectivity index (χ2v) is 4.72. The molecule has 3 amide bonds. The van der Waals surface area contributed by atoms with Gasteiger partial charge in [0.15, 0.2) is 0 Å². The molecule has 0 saturated carbocycles. The minimum absolute atomic E-state index is 0.104. The van der Waals surface area contributed by atoms with E-state index >= 15 is 0 Å². The smallest absolute Gasteiger partial charge is 0.328 e. The number of hydrogen-bond acceptors (Lipinski definition) is 5. The Morgan fingerprint density at radius 1 is 1.43 bits per heavy atom. The van der Waals surface area contributed by atoms with E-state index < -0.39 is 36.0 Å². The van der Waals surface area contributed by atoms with Gasteiger partial charge in [-0.2, -0.15) is 0 Å². The summed E-state index contributed by atoms with van der Waals surface area (Å²) in [5.74, 6) is -2.45. The number of amides is 3. The molecule has 0 radical (unpaired) electrons. The molecule has 0 aromatic rings. The fourth-order valence-electron chi connectivity index (χ4n) is 2.17. The van der Waals surface area contributed by atoms with Gasteiger partial charge in [-0.25, -0.2) is 14.4 Å². The highest BCUT2D eigenvalue weighted by molar-refractivity contribution is 5.87. The third-order valence-electron chi connectivity index (χ3n) is 3.26. The van der Waals surface area contributed by atoms with Crippen molar-refractivity contribution in [1.82, 2.24) is 10.2 Å². The van der Waals surface area contributed by atoms with Gasteiger partial charge in [0.2, 0.25) is 5.91 Å². The van der Waals surface area contributed by atoms with E-state index in [0.717, 1.165) is 0 Å². The molecule has 0 aromatic heterocycles. The van der Waals surface area contributed by atoms with Crippen LogP contribution < -0.4 is 11.1 Å². The predicted molar refractivity (Wildman–Crippen MR) is 70.1 cm³/mol. The van der Waals surface area contributed by atoms with Crippen LogP contribution in [0.1, 0.15) is 25.7 Å². The number of primary amides is 1. The van der Waals surface area contributed by atoms with Crippen molar-refractivity contribution in [2.75, 3.05) is 13.7 Å². The number of hydrogen-bond donors (Lipinski definition) is 3. The summed E-state index contributed by atoms with van der Waals surface area (Å²) in [5.41, 5.74) is 4.96. The van der Waals surface area contributed by atoms with Crippen LogP contribution in [0.5, 0.6) is 0 Å². The Balaban J connectivity index is 2.66. The fourth-order valence-corrected chi connectivity index (χ4v) is 2.17. The van der Waals surface area contributed by atoms with E-state index in [1.807, 2.05) is 0 Å². The number of carbonyl (C=O) groups excluding carboxylic acids is 3. The zero-order valence-corrected chi connectivity index (χ0v) is 11.7. The topological polar surface area (TPSA) is 139 Å². The van der Waals surface area contributed by atoms with E-state index in [1.54, 1.807) is 0 Å². The summed E-state index contributed by atoms with van der Waals surface area (Å²) in [6, 6.07) is -2.61. The fraction of sp³-hybridized carbons (Fsp3) is 0.667. The highest BCUT2D eigenvalue weighted by Gasteiger charge is 2.36. The molecule has 0 aliphatic carbocycles. The summed E-state index contributed by atoms with van der Waals surface area (Å²) in [6.07, 6.45) is 0.843. The lowest BCUT2D eigenvalue weighted by Gasteiger charge is -2.25. The number of carboxylic acid groups (broad SMARTS) is 1. The Hall–Kier alpha value is -2.32. The molecule has 1 aliphatic heterocycles. The van der Waals surface area contributed by atoms with Crippen molar-refractivity contribution in [3.05, 3.63) is 0 Å². The molecule has 1 fully saturated rings. The van der Waals surface area contributed by atoms with Crippen molar-refractivity contribution in [3.63, 3.8) is 0 Å². The van der Waals surface area contributed by atoms with Gasteiger partial charge in [-0.1, -0.05) is 0 Å². The van der Waals surface area contributed by atoms with E-state index in [4.69, 9.17) is 10.8 Å². The van der Waals surface area contributed by atoms with E-state index in [1.165, 1.54) is 12.0 Å². The van der Waals surface area contributed by atoms with Gasteiger partial charge in [-0.15, -0.1) is 0 Å². The highest BCUT2D eigenvalue weighted by Crippen LogP contribution is 2.18. The van der Waals surface area contributed by atoms with E-state index in [9.17, 15) is 19.2 Å². The number of nitrogens with one attached hydrogen (secondary N) is 1. The van der Waals surface area contributed by atoms with Crippen LogP contribution in [0, 0.1) is 0 Å². The van der Waals surface area contributed by atoms with Gasteiger partial charge in [-0.3, -0.25) is 4.79 Å². The Morgan fingerprint density at radius 2 is 2.10 bits per heavy atom. The van der Waals surface area contributed by atoms with E-state index in [-0.39, 0.29) is 12.8 Å². The van der Waals surface area contributed by atoms with E-state index in [2.05, 4.69) is 10.1 Å². The lowest BCUT2D eigenvalue weighted by Crippen LogP contribution is -2.51. The molecule has 1 heterocycles. The average Bonchev–Trinajstić information content (AvgIpc) is 2.91. The Morgan fingerprint density at radius 3 is 2.62 bits per heavy atom. The number of nitrogens with zero attached hydrogens (tertiary/aromatic N) is 1. The lowest BCUT2D eigenvalue weighted by molar-refractivity contribution is -0.144. The molecule has 118 valence electrons. The van der Waals surface area contributed by atoms with Crippen molar-refractivity contribution < 1.29 is 29.0 Å². The minimum atomic E-state index is -1.27. The molecule has 0 spiro atoms. The van der Waals surface area contributed by atoms with Crippen molar-refractivity contribution in [2.45, 2.75) is 37.8 Å². The van der Waals surface area contributed by atoms with Crippen LogP contribution in [0.25, 0.3) is 0 Å². The number of ether oxygens (including phenoxy) is 1. The minimum Gasteiger partial charge on any atom is -0.480 e. The normalized spacial score (nSPS) is 18.9. The maximum Gasteiger partial charge on any atom is 0.328 e. The predicted octanol–water partition coefficient (Wildman–Crippen LogP) is -0.948. The second-order valence-electron chi connectivity index (χ2n) is 4.72. The number of carbonyl (C=O) groups is 4. The molecule has 1 rings (SSSR count). The number of methoxy groups -OCH3 is 1. The first kappa shape index (κ1) is 16.7. The summed E-state index contributed by atoms with van der Waals surface area (Å²) in [7, 11) is 1.23. The second kappa shape index (κ2) is 7.46. The summed E-state index contributed by atoms with van der Waals surface area (Å²) >= 11 is 0. The number of nitrogens with two attached hydrogens (primary N) is 1. The van der Waals surface area contributed by atoms with Gasteiger partial charge in [0.25, 0.3) is 0 Å². The molecule has 2 unspecified atom stereocenters. The summed E-state index contributed by atoms with van der Waals surface area (Å²) < 4.78 is 4.61. The highest BCUT2D eigenvalue weighted by atomic mass is 16.5. The lowest BCUT2D eigenvalue weighted by atomic mass is 10.1. The monoisotopic (exact) mass is 301 g/mol. The van der Waals surface area contributed by atoms with Crippen molar-refractivity contribution >= 4 is 23.9 Å². The average molecular weight is 301 g/mol. The number of esters is 1. The molecule has 9 heteroatoms. The maximum absolute atomic E-state index is 12.1. The number of aliphatic carboxylic acids is 1. The van der Waals surface area contributed by atoms with Gasteiger partial charge < -0.3 is 25.8 Å². The zero-order valence-electron chi connectivity index (χ0n) is 11.7. The molecular formula is C12H19N3O6. The van der Waals surface area contributed by atoms with Crippen molar-refractivity contribution in [2.24, 2.45) is 5.73 Å². The molecule has 2 atom stereocenters. The third kappa shape index (κ3) is 4.62. The summed E-state index contributed by atoms with van der Waals surface area (Å²) in [6.45, 7) is 0.341. The third-order valence-corrected chi connectivity index (χ3v) is 3.26. The molecule has 0 bridgehead atoms. The van der Waals surface area contributed by atoms with Crippen LogP contribution in [0.2, 0.25) is 0 Å². The van der Waals surface area contributed by atoms with Crippen LogP contribution in [0.3, 0.4) is 0 Å². The Labute approximate surface area is 121 Å². The molecule has 4 N–H and O–H groups in total. The van der Waals surface area contributed by atoms with Crippen molar-refractivity contribution in [1.29, 1.82) is 0 Å². The van der Waals surface area contributed by atoms with Gasteiger partial charge >= 0.3 is 18.0 Å². The molecule has 21 heavy (non-hydrogen) atoms. The van der Waals surface area contributed by atoms with Gasteiger partial charge in [0, 0.05) is 13.0 Å². The standard InChI is InChI=1S/C12H19N3O6/c1-21-11(19)8-3-2-6-15(8)12(20)14-7(10(17)18)4-5-9(13)16/h7-8H,2-6H2,1H3,(H2,13,16)(H,14,20)(H,17,18). The quantitative estimate of drug-likeness (QED) is 0.541. The van der Waals surface area contributed by atoms with Crippen LogP contribution in [0.15, 0.2) is 0 Å². The number of carboxylic acids is 1. The summed E-state index contributed by atoms with van der Waals surface area (Å²) in [5, 5.41) is 11.3. The number of rotatable bonds is 6. The van der Waals surface area contributed by atoms with Gasteiger partial charge in [0.05, 0.1) is 7.11 Å². The first-order chi connectivity index (χ1) is 9.86. The number of likely N-dealkylation sites (tertiary alicyclic amines) is 1. The Bertz CT molecular complexity index is 439. The van der Waals surface area contributed by atoms with Gasteiger partial charge in [-0.05, 0) is 19.3 Å². The van der Waals surface area contributed by atoms with Crippen LogP contribution in [-0.4, -0.2) is 59.6 Å². The largest absolute Gasteiger partial charge is 0.480 e. The Kier molecular flexibility index (Phi) is 5.94. The maximum atomic E-state index is 12.1. The molecule has 1 saturated heterocycles. The number of urea groups is 1. The van der Waals surface area contributed by atoms with Gasteiger partial charge in [0.1, 0.15) is 12.1 Å². The van der Waals surface area contributed by atoms with E-state index in [0.29, 0.717) is 19.4 Å². The summed E-state index contributed by atoms with van der Waals surface area (Å²) in [4.78, 5) is 46.6. The first-order valence-corrected chi connectivity index (χ1v) is 6.53. The molecule has 9 nitrogen and oxygen atoms in total. The van der Waals surface area contributed by atoms with Crippen LogP contribution >= 0.6 is 0 Å². The molecular weight excluding hydrogens is 282 g/mol. The molecule has 0 aromatic carbocycles. The molecule has 1 aliphatic rings. The van der Waals surface area contributed by atoms with Crippen LogP contribution in [-0.2, 0) is 19.1 Å². The van der Waals surface area contributed by atoms with Crippen molar-refractivity contribution in [3.8, 4) is 0 Å².